The van der Waals surface area contributed by atoms with Gasteiger partial charge in [-0.1, -0.05) is 12.7 Å². The standard InChI is InChI=1S/C19H24N6OS/c1-5-6-14(21-4)12(2)22-19-23-15-8-10-27-17(15)16(24-19)18(26)25-9-7-13(11-25)20-3/h5-6,8,10,12-13,20H,1,4,7,9,11H2,2-3H3,(H,22,23,24)/b14-6-/t12?,13-/m1/s1. The fourth-order valence-electron chi connectivity index (χ4n) is 3.13. The Morgan fingerprint density at radius 3 is 3.00 bits per heavy atom. The molecule has 3 heterocycles. The van der Waals surface area contributed by atoms with Gasteiger partial charge in [-0.05, 0) is 44.6 Å². The van der Waals surface area contributed by atoms with Crippen molar-refractivity contribution in [1.29, 1.82) is 0 Å². The minimum Gasteiger partial charge on any atom is -0.346 e. The largest absolute Gasteiger partial charge is 0.346 e. The number of allylic oxidation sites excluding steroid dienone is 2. The highest BCUT2D eigenvalue weighted by Crippen LogP contribution is 2.26. The molecular weight excluding hydrogens is 360 g/mol. The van der Waals surface area contributed by atoms with Gasteiger partial charge in [0.05, 0.1) is 22.0 Å². The van der Waals surface area contributed by atoms with E-state index in [1.165, 1.54) is 11.3 Å². The van der Waals surface area contributed by atoms with Crippen molar-refractivity contribution in [3.05, 3.63) is 41.6 Å². The van der Waals surface area contributed by atoms with Gasteiger partial charge in [0, 0.05) is 19.1 Å². The van der Waals surface area contributed by atoms with Gasteiger partial charge >= 0.3 is 0 Å². The minimum atomic E-state index is -0.167. The van der Waals surface area contributed by atoms with Crippen LogP contribution in [0.25, 0.3) is 10.2 Å². The number of hydrogen-bond donors (Lipinski definition) is 2. The van der Waals surface area contributed by atoms with E-state index in [2.05, 4.69) is 38.9 Å². The van der Waals surface area contributed by atoms with E-state index in [0.717, 1.165) is 28.9 Å². The number of thiophene rings is 1. The highest BCUT2D eigenvalue weighted by atomic mass is 32.1. The van der Waals surface area contributed by atoms with E-state index >= 15 is 0 Å². The molecule has 2 atom stereocenters. The number of likely N-dealkylation sites (N-methyl/N-ethyl adjacent to an activating group) is 1. The Bertz CT molecular complexity index is 889. The van der Waals surface area contributed by atoms with E-state index in [0.29, 0.717) is 24.2 Å². The second-order valence-corrected chi connectivity index (χ2v) is 7.32. The van der Waals surface area contributed by atoms with E-state index in [4.69, 9.17) is 0 Å². The fourth-order valence-corrected chi connectivity index (χ4v) is 3.94. The lowest BCUT2D eigenvalue weighted by Crippen LogP contribution is -2.34. The van der Waals surface area contributed by atoms with Gasteiger partial charge < -0.3 is 15.5 Å². The second kappa shape index (κ2) is 8.41. The van der Waals surface area contributed by atoms with E-state index in [9.17, 15) is 4.79 Å². The van der Waals surface area contributed by atoms with Crippen LogP contribution in [0.2, 0.25) is 0 Å². The first-order chi connectivity index (χ1) is 13.1. The number of hydrogen-bond acceptors (Lipinski definition) is 7. The zero-order valence-corrected chi connectivity index (χ0v) is 16.4. The molecule has 3 rings (SSSR count). The number of nitrogens with one attached hydrogen (secondary N) is 2. The third-order valence-corrected chi connectivity index (χ3v) is 5.56. The van der Waals surface area contributed by atoms with Crippen LogP contribution < -0.4 is 10.6 Å². The summed E-state index contributed by atoms with van der Waals surface area (Å²) in [7, 11) is 1.92. The van der Waals surface area contributed by atoms with Crippen molar-refractivity contribution in [2.24, 2.45) is 4.99 Å². The fraction of sp³-hybridized carbons (Fsp3) is 0.368. The highest BCUT2D eigenvalue weighted by Gasteiger charge is 2.28. The van der Waals surface area contributed by atoms with Crippen molar-refractivity contribution in [3.8, 4) is 0 Å². The van der Waals surface area contributed by atoms with Gasteiger partial charge in [0.1, 0.15) is 0 Å². The summed E-state index contributed by atoms with van der Waals surface area (Å²) in [5.41, 5.74) is 1.93. The van der Waals surface area contributed by atoms with Gasteiger partial charge in [0.25, 0.3) is 5.91 Å². The van der Waals surface area contributed by atoms with Crippen LogP contribution >= 0.6 is 11.3 Å². The number of anilines is 1. The second-order valence-electron chi connectivity index (χ2n) is 6.41. The molecule has 2 aromatic rings. The van der Waals surface area contributed by atoms with Crippen molar-refractivity contribution in [3.63, 3.8) is 0 Å². The molecule has 1 amide bonds. The molecule has 0 saturated carbocycles. The van der Waals surface area contributed by atoms with Crippen LogP contribution in [0.3, 0.4) is 0 Å². The van der Waals surface area contributed by atoms with Gasteiger partial charge in [0.15, 0.2) is 5.69 Å². The Morgan fingerprint density at radius 1 is 1.52 bits per heavy atom. The molecule has 1 aliphatic rings. The summed E-state index contributed by atoms with van der Waals surface area (Å²) in [5, 5.41) is 8.38. The number of carbonyl (C=O) groups excluding carboxylic acids is 1. The Balaban J connectivity index is 1.91. The zero-order chi connectivity index (χ0) is 19.4. The van der Waals surface area contributed by atoms with Gasteiger partial charge in [-0.3, -0.25) is 9.79 Å². The Labute approximate surface area is 162 Å². The summed E-state index contributed by atoms with van der Waals surface area (Å²) in [6, 6.07) is 2.07. The Kier molecular flexibility index (Phi) is 5.98. The van der Waals surface area contributed by atoms with Gasteiger partial charge in [-0.25, -0.2) is 9.97 Å². The molecule has 142 valence electrons. The predicted octanol–water partition coefficient (Wildman–Crippen LogP) is 2.70. The SMILES string of the molecule is C=C/C=C(\N=C)C(C)Nc1nc(C(=O)N2CC[C@@H](NC)C2)c2sccc2n1. The third-order valence-electron chi connectivity index (χ3n) is 4.65. The Morgan fingerprint density at radius 2 is 2.33 bits per heavy atom. The first kappa shape index (κ1) is 19.2. The number of fused-ring (bicyclic) bond motifs is 1. The number of nitrogens with zero attached hydrogens (tertiary/aromatic N) is 4. The summed E-state index contributed by atoms with van der Waals surface area (Å²) in [6.07, 6.45) is 4.39. The molecular formula is C19H24N6OS. The van der Waals surface area contributed by atoms with Crippen LogP contribution in [0.15, 0.2) is 40.9 Å². The maximum absolute atomic E-state index is 13.1. The van der Waals surface area contributed by atoms with E-state index in [1.807, 2.05) is 30.3 Å². The molecule has 27 heavy (non-hydrogen) atoms. The number of aromatic nitrogens is 2. The average Bonchev–Trinajstić information content (AvgIpc) is 3.33. The van der Waals surface area contributed by atoms with E-state index < -0.39 is 0 Å². The third kappa shape index (κ3) is 4.06. The van der Waals surface area contributed by atoms with Crippen LogP contribution in [0.1, 0.15) is 23.8 Å². The molecule has 1 unspecified atom stereocenters. The first-order valence-corrected chi connectivity index (χ1v) is 9.73. The average molecular weight is 385 g/mol. The monoisotopic (exact) mass is 384 g/mol. The Hall–Kier alpha value is -2.58. The van der Waals surface area contributed by atoms with Crippen molar-refractivity contribution >= 4 is 40.1 Å². The zero-order valence-electron chi connectivity index (χ0n) is 15.6. The molecule has 0 bridgehead atoms. The smallest absolute Gasteiger partial charge is 0.274 e. The maximum atomic E-state index is 13.1. The summed E-state index contributed by atoms with van der Waals surface area (Å²) in [5.74, 6) is 0.349. The maximum Gasteiger partial charge on any atom is 0.274 e. The van der Waals surface area contributed by atoms with Crippen LogP contribution in [0.4, 0.5) is 5.95 Å². The lowest BCUT2D eigenvalue weighted by molar-refractivity contribution is 0.0786. The molecule has 1 fully saturated rings. The molecule has 0 aromatic carbocycles. The molecule has 0 spiro atoms. The summed E-state index contributed by atoms with van der Waals surface area (Å²) < 4.78 is 0.815. The van der Waals surface area contributed by atoms with E-state index in [-0.39, 0.29) is 11.9 Å². The quantitative estimate of drug-likeness (QED) is 0.567. The molecule has 2 aromatic heterocycles. The highest BCUT2D eigenvalue weighted by molar-refractivity contribution is 7.17. The van der Waals surface area contributed by atoms with Crippen molar-refractivity contribution < 1.29 is 4.79 Å². The number of likely N-dealkylation sites (tertiary alicyclic amines) is 1. The number of aliphatic imine (C=N–C) groups is 1. The van der Waals surface area contributed by atoms with Crippen LogP contribution in [-0.2, 0) is 0 Å². The number of carbonyl (C=O) groups is 1. The molecule has 1 saturated heterocycles. The van der Waals surface area contributed by atoms with Crippen LogP contribution in [-0.4, -0.2) is 59.7 Å². The molecule has 1 aliphatic heterocycles. The van der Waals surface area contributed by atoms with Crippen molar-refractivity contribution in [2.75, 3.05) is 25.5 Å². The molecule has 2 N–H and O–H groups in total. The van der Waals surface area contributed by atoms with Crippen LogP contribution in [0.5, 0.6) is 0 Å². The summed E-state index contributed by atoms with van der Waals surface area (Å²) in [4.78, 5) is 28.0. The number of amides is 1. The first-order valence-electron chi connectivity index (χ1n) is 8.85. The van der Waals surface area contributed by atoms with Crippen molar-refractivity contribution in [1.82, 2.24) is 20.2 Å². The normalized spacial score (nSPS) is 18.5. The lowest BCUT2D eigenvalue weighted by atomic mass is 10.2. The molecule has 8 heteroatoms. The summed E-state index contributed by atoms with van der Waals surface area (Å²) >= 11 is 1.49. The number of rotatable bonds is 7. The molecule has 0 aliphatic carbocycles. The van der Waals surface area contributed by atoms with Gasteiger partial charge in [-0.15, -0.1) is 11.3 Å². The summed E-state index contributed by atoms with van der Waals surface area (Å²) in [6.45, 7) is 10.6. The van der Waals surface area contributed by atoms with Gasteiger partial charge in [0.2, 0.25) is 5.95 Å². The molecule has 0 radical (unpaired) electrons. The minimum absolute atomic E-state index is 0.0537. The van der Waals surface area contributed by atoms with Crippen LogP contribution in [0, 0.1) is 0 Å². The van der Waals surface area contributed by atoms with Gasteiger partial charge in [-0.2, -0.15) is 0 Å². The topological polar surface area (TPSA) is 82.5 Å². The lowest BCUT2D eigenvalue weighted by Gasteiger charge is -2.18. The molecule has 7 nitrogen and oxygen atoms in total. The van der Waals surface area contributed by atoms with Crippen molar-refractivity contribution in [2.45, 2.75) is 25.4 Å². The predicted molar refractivity (Wildman–Crippen MR) is 112 cm³/mol. The van der Waals surface area contributed by atoms with E-state index in [1.54, 1.807) is 12.2 Å².